The van der Waals surface area contributed by atoms with Crippen LogP contribution in [-0.2, 0) is 24.2 Å². The predicted octanol–water partition coefficient (Wildman–Crippen LogP) is 3.22. The first kappa shape index (κ1) is 22.3. The first-order valence-corrected chi connectivity index (χ1v) is 8.61. The Morgan fingerprint density at radius 1 is 1.04 bits per heavy atom. The molecule has 4 nitrogen and oxygen atoms in total. The second-order valence-electron chi connectivity index (χ2n) is 6.42. The standard InChI is InChI=1S/C20H25N3O.2ClH/c21-19-8-6-16(7-9-19)14-20(24)22-11-3-12-23-13-10-17-4-1-2-5-18(17)15-23;;/h1-2,4-9H,3,10-15,21H2,(H,22,24);2*1H. The van der Waals surface area contributed by atoms with Crippen molar-refractivity contribution in [2.45, 2.75) is 25.8 Å². The molecule has 0 spiro atoms. The molecule has 0 saturated heterocycles. The van der Waals surface area contributed by atoms with E-state index in [1.54, 1.807) is 0 Å². The third-order valence-electron chi connectivity index (χ3n) is 4.53. The van der Waals surface area contributed by atoms with Gasteiger partial charge in [-0.05, 0) is 41.7 Å². The van der Waals surface area contributed by atoms with Gasteiger partial charge in [0.05, 0.1) is 6.42 Å². The summed E-state index contributed by atoms with van der Waals surface area (Å²) in [5.41, 5.74) is 10.3. The van der Waals surface area contributed by atoms with E-state index in [9.17, 15) is 4.79 Å². The molecule has 1 aliphatic rings. The Bertz CT molecular complexity index is 692. The van der Waals surface area contributed by atoms with Gasteiger partial charge in [0, 0.05) is 31.9 Å². The van der Waals surface area contributed by atoms with Crippen molar-refractivity contribution in [1.29, 1.82) is 0 Å². The average Bonchev–Trinajstić information content (AvgIpc) is 2.60. The highest BCUT2D eigenvalue weighted by atomic mass is 35.5. The molecule has 0 unspecified atom stereocenters. The van der Waals surface area contributed by atoms with E-state index in [1.165, 1.54) is 11.1 Å². The first-order chi connectivity index (χ1) is 11.7. The Morgan fingerprint density at radius 2 is 1.73 bits per heavy atom. The third-order valence-corrected chi connectivity index (χ3v) is 4.53. The van der Waals surface area contributed by atoms with Crippen LogP contribution in [0.3, 0.4) is 0 Å². The van der Waals surface area contributed by atoms with Crippen LogP contribution in [0.4, 0.5) is 5.69 Å². The van der Waals surface area contributed by atoms with Gasteiger partial charge in [-0.25, -0.2) is 0 Å². The van der Waals surface area contributed by atoms with Gasteiger partial charge in [-0.1, -0.05) is 36.4 Å². The van der Waals surface area contributed by atoms with Gasteiger partial charge >= 0.3 is 0 Å². The van der Waals surface area contributed by atoms with Crippen LogP contribution in [-0.4, -0.2) is 30.4 Å². The Kier molecular flexibility index (Phi) is 9.49. The molecule has 1 amide bonds. The third kappa shape index (κ3) is 6.52. The van der Waals surface area contributed by atoms with E-state index in [-0.39, 0.29) is 30.7 Å². The zero-order valence-corrected chi connectivity index (χ0v) is 16.5. The highest BCUT2D eigenvalue weighted by Gasteiger charge is 2.14. The number of anilines is 1. The lowest BCUT2D eigenvalue weighted by Gasteiger charge is -2.28. The number of nitrogens with one attached hydrogen (secondary N) is 1. The van der Waals surface area contributed by atoms with Crippen LogP contribution >= 0.6 is 24.8 Å². The summed E-state index contributed by atoms with van der Waals surface area (Å²) in [4.78, 5) is 14.4. The maximum Gasteiger partial charge on any atom is 0.224 e. The highest BCUT2D eigenvalue weighted by molar-refractivity contribution is 5.85. The highest BCUT2D eigenvalue weighted by Crippen LogP contribution is 2.18. The lowest BCUT2D eigenvalue weighted by atomic mass is 10.00. The monoisotopic (exact) mass is 395 g/mol. The maximum absolute atomic E-state index is 12.0. The Hall–Kier alpha value is -1.75. The normalized spacial score (nSPS) is 13.1. The Labute approximate surface area is 168 Å². The molecular formula is C20H27Cl2N3O. The number of amides is 1. The number of nitrogen functional groups attached to an aromatic ring is 1. The van der Waals surface area contributed by atoms with Crippen LogP contribution in [0, 0.1) is 0 Å². The number of nitrogens with zero attached hydrogens (tertiary/aromatic N) is 1. The van der Waals surface area contributed by atoms with Crippen LogP contribution in [0.25, 0.3) is 0 Å². The minimum absolute atomic E-state index is 0. The van der Waals surface area contributed by atoms with Crippen molar-refractivity contribution in [1.82, 2.24) is 10.2 Å². The molecule has 0 aromatic heterocycles. The van der Waals surface area contributed by atoms with E-state index in [0.29, 0.717) is 6.42 Å². The number of benzene rings is 2. The van der Waals surface area contributed by atoms with E-state index in [4.69, 9.17) is 5.73 Å². The number of hydrogen-bond donors (Lipinski definition) is 2. The topological polar surface area (TPSA) is 58.4 Å². The molecule has 0 bridgehead atoms. The zero-order valence-electron chi connectivity index (χ0n) is 14.8. The average molecular weight is 396 g/mol. The van der Waals surface area contributed by atoms with Gasteiger partial charge in [-0.15, -0.1) is 24.8 Å². The van der Waals surface area contributed by atoms with E-state index in [2.05, 4.69) is 34.5 Å². The SMILES string of the molecule is Cl.Cl.Nc1ccc(CC(=O)NCCCN2CCc3ccccc3C2)cc1. The molecule has 3 N–H and O–H groups in total. The fraction of sp³-hybridized carbons (Fsp3) is 0.350. The Morgan fingerprint density at radius 3 is 2.46 bits per heavy atom. The van der Waals surface area contributed by atoms with Crippen molar-refractivity contribution in [2.75, 3.05) is 25.4 Å². The fourth-order valence-corrected chi connectivity index (χ4v) is 3.16. The molecule has 1 heterocycles. The quantitative estimate of drug-likeness (QED) is 0.582. The summed E-state index contributed by atoms with van der Waals surface area (Å²) in [7, 11) is 0. The van der Waals surface area contributed by atoms with Crippen LogP contribution in [0.1, 0.15) is 23.1 Å². The second-order valence-corrected chi connectivity index (χ2v) is 6.42. The molecule has 6 heteroatoms. The summed E-state index contributed by atoms with van der Waals surface area (Å²) in [5, 5.41) is 3.01. The second kappa shape index (κ2) is 11.1. The molecule has 26 heavy (non-hydrogen) atoms. The number of halogens is 2. The minimum Gasteiger partial charge on any atom is -0.399 e. The number of hydrogen-bond acceptors (Lipinski definition) is 3. The van der Waals surface area contributed by atoms with Crippen molar-refractivity contribution in [3.8, 4) is 0 Å². The summed E-state index contributed by atoms with van der Waals surface area (Å²) < 4.78 is 0. The molecule has 2 aromatic carbocycles. The maximum atomic E-state index is 12.0. The van der Waals surface area contributed by atoms with Crippen LogP contribution in [0.5, 0.6) is 0 Å². The van der Waals surface area contributed by atoms with Gasteiger partial charge in [0.15, 0.2) is 0 Å². The molecule has 2 aromatic rings. The first-order valence-electron chi connectivity index (χ1n) is 8.61. The van der Waals surface area contributed by atoms with Crippen molar-refractivity contribution in [3.05, 3.63) is 65.2 Å². The number of rotatable bonds is 6. The number of carbonyl (C=O) groups is 1. The largest absolute Gasteiger partial charge is 0.399 e. The molecule has 142 valence electrons. The summed E-state index contributed by atoms with van der Waals surface area (Å²) in [5.74, 6) is 0.0729. The van der Waals surface area contributed by atoms with Gasteiger partial charge < -0.3 is 11.1 Å². The van der Waals surface area contributed by atoms with E-state index < -0.39 is 0 Å². The molecule has 0 fully saturated rings. The predicted molar refractivity (Wildman–Crippen MR) is 112 cm³/mol. The summed E-state index contributed by atoms with van der Waals surface area (Å²) in [6.07, 6.45) is 2.52. The lowest BCUT2D eigenvalue weighted by molar-refractivity contribution is -0.120. The molecule has 1 aliphatic heterocycles. The Balaban J connectivity index is 0.00000169. The fourth-order valence-electron chi connectivity index (χ4n) is 3.16. The van der Waals surface area contributed by atoms with Crippen molar-refractivity contribution < 1.29 is 4.79 Å². The molecule has 0 saturated carbocycles. The van der Waals surface area contributed by atoms with Crippen molar-refractivity contribution in [2.24, 2.45) is 0 Å². The smallest absolute Gasteiger partial charge is 0.224 e. The summed E-state index contributed by atoms with van der Waals surface area (Å²) >= 11 is 0. The minimum atomic E-state index is 0. The number of carbonyl (C=O) groups excluding carboxylic acids is 1. The van der Waals surface area contributed by atoms with Crippen molar-refractivity contribution >= 4 is 36.4 Å². The van der Waals surface area contributed by atoms with Gasteiger partial charge in [0.2, 0.25) is 5.91 Å². The molecule has 0 atom stereocenters. The van der Waals surface area contributed by atoms with E-state index >= 15 is 0 Å². The van der Waals surface area contributed by atoms with Crippen LogP contribution < -0.4 is 11.1 Å². The summed E-state index contributed by atoms with van der Waals surface area (Å²) in [6, 6.07) is 16.1. The van der Waals surface area contributed by atoms with E-state index in [1.807, 2.05) is 24.3 Å². The molecular weight excluding hydrogens is 369 g/mol. The number of fused-ring (bicyclic) bond motifs is 1. The van der Waals surface area contributed by atoms with Gasteiger partial charge in [-0.2, -0.15) is 0 Å². The van der Waals surface area contributed by atoms with Gasteiger partial charge in [-0.3, -0.25) is 9.69 Å². The van der Waals surface area contributed by atoms with Gasteiger partial charge in [0.1, 0.15) is 0 Å². The molecule has 0 radical (unpaired) electrons. The molecule has 3 rings (SSSR count). The van der Waals surface area contributed by atoms with Crippen LogP contribution in [0.2, 0.25) is 0 Å². The van der Waals surface area contributed by atoms with Crippen molar-refractivity contribution in [3.63, 3.8) is 0 Å². The van der Waals surface area contributed by atoms with E-state index in [0.717, 1.165) is 50.3 Å². The zero-order chi connectivity index (χ0) is 16.8. The molecule has 0 aliphatic carbocycles. The van der Waals surface area contributed by atoms with Gasteiger partial charge in [0.25, 0.3) is 0 Å². The van der Waals surface area contributed by atoms with Crippen LogP contribution in [0.15, 0.2) is 48.5 Å². The lowest BCUT2D eigenvalue weighted by Crippen LogP contribution is -2.34. The number of nitrogens with two attached hydrogens (primary N) is 1. The summed E-state index contributed by atoms with van der Waals surface area (Å²) in [6.45, 7) is 3.88.